The number of urea groups is 1. The predicted molar refractivity (Wildman–Crippen MR) is 95.1 cm³/mol. The summed E-state index contributed by atoms with van der Waals surface area (Å²) in [5.41, 5.74) is 2.57. The van der Waals surface area contributed by atoms with Gasteiger partial charge in [-0.15, -0.1) is 0 Å². The van der Waals surface area contributed by atoms with E-state index in [0.717, 1.165) is 23.2 Å². The monoisotopic (exact) mass is 330 g/mol. The number of carbonyl (C=O) groups excluding carboxylic acids is 1. The SMILES string of the molecule is CCC(C)(CCO)NC(=O)Nc1ccc(Cn2cc(C)cn2)cc1. The Kier molecular flexibility index (Phi) is 5.98. The van der Waals surface area contributed by atoms with Crippen LogP contribution >= 0.6 is 0 Å². The minimum absolute atomic E-state index is 0.0478. The van der Waals surface area contributed by atoms with E-state index in [0.29, 0.717) is 13.0 Å². The Balaban J connectivity index is 1.92. The van der Waals surface area contributed by atoms with Gasteiger partial charge in [-0.1, -0.05) is 19.1 Å². The molecule has 1 unspecified atom stereocenters. The average molecular weight is 330 g/mol. The minimum Gasteiger partial charge on any atom is -0.396 e. The second kappa shape index (κ2) is 7.97. The molecule has 1 aromatic heterocycles. The minimum atomic E-state index is -0.406. The summed E-state index contributed by atoms with van der Waals surface area (Å²) in [5.74, 6) is 0. The second-order valence-corrected chi connectivity index (χ2v) is 6.38. The van der Waals surface area contributed by atoms with Gasteiger partial charge in [0.1, 0.15) is 0 Å². The number of carbonyl (C=O) groups is 1. The Morgan fingerprint density at radius 3 is 2.58 bits per heavy atom. The van der Waals surface area contributed by atoms with Gasteiger partial charge in [-0.2, -0.15) is 5.10 Å². The number of aryl methyl sites for hydroxylation is 1. The van der Waals surface area contributed by atoms with Crippen molar-refractivity contribution in [2.45, 2.75) is 45.7 Å². The molecule has 0 aliphatic heterocycles. The zero-order valence-electron chi connectivity index (χ0n) is 14.5. The molecular formula is C18H26N4O2. The van der Waals surface area contributed by atoms with E-state index in [9.17, 15) is 4.79 Å². The number of hydrogen-bond acceptors (Lipinski definition) is 3. The Morgan fingerprint density at radius 1 is 1.33 bits per heavy atom. The number of benzene rings is 1. The Hall–Kier alpha value is -2.34. The maximum atomic E-state index is 12.1. The molecule has 0 spiro atoms. The molecule has 1 heterocycles. The number of nitrogens with zero attached hydrogens (tertiary/aromatic N) is 2. The van der Waals surface area contributed by atoms with Crippen LogP contribution in [0.1, 0.15) is 37.8 Å². The van der Waals surface area contributed by atoms with Gasteiger partial charge < -0.3 is 15.7 Å². The quantitative estimate of drug-likeness (QED) is 0.730. The number of aliphatic hydroxyl groups is 1. The summed E-state index contributed by atoms with van der Waals surface area (Å²) in [6, 6.07) is 7.43. The topological polar surface area (TPSA) is 79.2 Å². The number of aromatic nitrogens is 2. The lowest BCUT2D eigenvalue weighted by Gasteiger charge is -2.29. The Labute approximate surface area is 142 Å². The smallest absolute Gasteiger partial charge is 0.319 e. The summed E-state index contributed by atoms with van der Waals surface area (Å²) in [4.78, 5) is 12.1. The van der Waals surface area contributed by atoms with Crippen molar-refractivity contribution in [1.82, 2.24) is 15.1 Å². The zero-order chi connectivity index (χ0) is 17.6. The first-order chi connectivity index (χ1) is 11.4. The van der Waals surface area contributed by atoms with Gasteiger partial charge >= 0.3 is 6.03 Å². The van der Waals surface area contributed by atoms with Gasteiger partial charge in [0.2, 0.25) is 0 Å². The van der Waals surface area contributed by atoms with Gasteiger partial charge in [0.05, 0.1) is 12.7 Å². The zero-order valence-corrected chi connectivity index (χ0v) is 14.5. The maximum absolute atomic E-state index is 12.1. The van der Waals surface area contributed by atoms with Crippen molar-refractivity contribution in [3.8, 4) is 0 Å². The van der Waals surface area contributed by atoms with E-state index >= 15 is 0 Å². The number of aliphatic hydroxyl groups excluding tert-OH is 1. The Bertz CT molecular complexity index is 666. The fraction of sp³-hybridized carbons (Fsp3) is 0.444. The third-order valence-corrected chi connectivity index (χ3v) is 4.18. The summed E-state index contributed by atoms with van der Waals surface area (Å²) in [7, 11) is 0. The standard InChI is InChI=1S/C18H26N4O2/c1-4-18(3,9-10-23)21-17(24)20-16-7-5-15(6-8-16)13-22-12-14(2)11-19-22/h5-8,11-12,23H,4,9-10,13H2,1-3H3,(H2,20,21,24). The highest BCUT2D eigenvalue weighted by Crippen LogP contribution is 2.15. The van der Waals surface area contributed by atoms with Crippen LogP contribution in [0, 0.1) is 6.92 Å². The van der Waals surface area contributed by atoms with Gasteiger partial charge in [-0.25, -0.2) is 4.79 Å². The van der Waals surface area contributed by atoms with Crippen LogP contribution in [-0.4, -0.2) is 33.1 Å². The van der Waals surface area contributed by atoms with Gasteiger partial charge in [0.25, 0.3) is 0 Å². The highest BCUT2D eigenvalue weighted by Gasteiger charge is 2.23. The van der Waals surface area contributed by atoms with E-state index in [2.05, 4.69) is 15.7 Å². The number of hydrogen-bond donors (Lipinski definition) is 3. The molecule has 0 aliphatic carbocycles. The molecule has 3 N–H and O–H groups in total. The highest BCUT2D eigenvalue weighted by atomic mass is 16.3. The molecule has 2 aromatic rings. The molecule has 2 amide bonds. The van der Waals surface area contributed by atoms with Gasteiger partial charge in [0, 0.05) is 24.0 Å². The normalized spacial score (nSPS) is 13.3. The van der Waals surface area contributed by atoms with E-state index in [1.807, 2.05) is 62.1 Å². The summed E-state index contributed by atoms with van der Waals surface area (Å²) in [6.45, 7) is 6.67. The number of nitrogens with one attached hydrogen (secondary N) is 2. The fourth-order valence-corrected chi connectivity index (χ4v) is 2.44. The first-order valence-corrected chi connectivity index (χ1v) is 8.22. The van der Waals surface area contributed by atoms with Gasteiger partial charge in [-0.3, -0.25) is 4.68 Å². The number of amides is 2. The first-order valence-electron chi connectivity index (χ1n) is 8.22. The van der Waals surface area contributed by atoms with Gasteiger partial charge in [0.15, 0.2) is 0 Å². The van der Waals surface area contributed by atoms with Gasteiger partial charge in [-0.05, 0) is 49.9 Å². The lowest BCUT2D eigenvalue weighted by molar-refractivity contribution is 0.208. The molecule has 2 rings (SSSR count). The van der Waals surface area contributed by atoms with Crippen molar-refractivity contribution < 1.29 is 9.90 Å². The van der Waals surface area contributed by atoms with Crippen LogP contribution in [0.25, 0.3) is 0 Å². The number of rotatable bonds is 7. The molecule has 1 aromatic carbocycles. The fourth-order valence-electron chi connectivity index (χ4n) is 2.44. The van der Waals surface area contributed by atoms with E-state index in [4.69, 9.17) is 5.11 Å². The molecule has 0 bridgehead atoms. The third-order valence-electron chi connectivity index (χ3n) is 4.18. The summed E-state index contributed by atoms with van der Waals surface area (Å²) in [6.07, 6.45) is 5.10. The molecule has 24 heavy (non-hydrogen) atoms. The van der Waals surface area contributed by atoms with Crippen LogP contribution in [0.3, 0.4) is 0 Å². The lowest BCUT2D eigenvalue weighted by Crippen LogP contribution is -2.48. The molecule has 0 aliphatic rings. The van der Waals surface area contributed by atoms with Crippen LogP contribution in [0.2, 0.25) is 0 Å². The van der Waals surface area contributed by atoms with Crippen molar-refractivity contribution >= 4 is 11.7 Å². The molecule has 0 fully saturated rings. The summed E-state index contributed by atoms with van der Waals surface area (Å²) >= 11 is 0. The van der Waals surface area contributed by atoms with Crippen molar-refractivity contribution in [1.29, 1.82) is 0 Å². The lowest BCUT2D eigenvalue weighted by atomic mass is 9.95. The van der Waals surface area contributed by atoms with Crippen molar-refractivity contribution in [3.63, 3.8) is 0 Å². The van der Waals surface area contributed by atoms with Crippen molar-refractivity contribution in [2.24, 2.45) is 0 Å². The molecule has 6 nitrogen and oxygen atoms in total. The van der Waals surface area contributed by atoms with Crippen LogP contribution in [-0.2, 0) is 6.54 Å². The number of anilines is 1. The highest BCUT2D eigenvalue weighted by molar-refractivity contribution is 5.89. The maximum Gasteiger partial charge on any atom is 0.319 e. The van der Waals surface area contributed by atoms with E-state index < -0.39 is 5.54 Å². The molecule has 130 valence electrons. The molecule has 0 saturated heterocycles. The van der Waals surface area contributed by atoms with Crippen LogP contribution in [0.15, 0.2) is 36.7 Å². The third kappa shape index (κ3) is 5.09. The summed E-state index contributed by atoms with van der Waals surface area (Å²) < 4.78 is 1.88. The average Bonchev–Trinajstić information content (AvgIpc) is 2.94. The van der Waals surface area contributed by atoms with E-state index in [1.54, 1.807) is 0 Å². The second-order valence-electron chi connectivity index (χ2n) is 6.38. The largest absolute Gasteiger partial charge is 0.396 e. The molecule has 0 radical (unpaired) electrons. The molecular weight excluding hydrogens is 304 g/mol. The molecule has 1 atom stereocenters. The van der Waals surface area contributed by atoms with E-state index in [1.165, 1.54) is 0 Å². The Morgan fingerprint density at radius 2 is 2.04 bits per heavy atom. The van der Waals surface area contributed by atoms with Crippen LogP contribution in [0.4, 0.5) is 10.5 Å². The molecule has 0 saturated carbocycles. The molecule has 6 heteroatoms. The summed E-state index contributed by atoms with van der Waals surface area (Å²) in [5, 5.41) is 19.1. The van der Waals surface area contributed by atoms with Crippen molar-refractivity contribution in [3.05, 3.63) is 47.8 Å². The van der Waals surface area contributed by atoms with Crippen molar-refractivity contribution in [2.75, 3.05) is 11.9 Å². The van der Waals surface area contributed by atoms with Crippen LogP contribution in [0.5, 0.6) is 0 Å². The first kappa shape index (κ1) is 18.0. The van der Waals surface area contributed by atoms with Crippen LogP contribution < -0.4 is 10.6 Å². The predicted octanol–water partition coefficient (Wildman–Crippen LogP) is 2.91. The van der Waals surface area contributed by atoms with E-state index in [-0.39, 0.29) is 12.6 Å².